The van der Waals surface area contributed by atoms with Gasteiger partial charge in [0.05, 0.1) is 31.2 Å². The molecule has 3 rings (SSSR count). The van der Waals surface area contributed by atoms with Gasteiger partial charge in [0, 0.05) is 12.4 Å². The SMILES string of the molecule is COc1ncccc1C(=O)NCc1cnc(CC2CCN(C)CC2)cn1. The third-order valence-electron chi connectivity index (χ3n) is 4.73. The van der Waals surface area contributed by atoms with Crippen LogP contribution in [0.5, 0.6) is 5.88 Å². The summed E-state index contributed by atoms with van der Waals surface area (Å²) in [5, 5.41) is 2.83. The number of aromatic nitrogens is 3. The van der Waals surface area contributed by atoms with Crippen molar-refractivity contribution in [1.29, 1.82) is 0 Å². The summed E-state index contributed by atoms with van der Waals surface area (Å²) < 4.78 is 5.11. The summed E-state index contributed by atoms with van der Waals surface area (Å²) >= 11 is 0. The van der Waals surface area contributed by atoms with E-state index in [4.69, 9.17) is 4.74 Å². The van der Waals surface area contributed by atoms with Gasteiger partial charge in [-0.3, -0.25) is 14.8 Å². The van der Waals surface area contributed by atoms with Crippen molar-refractivity contribution in [3.8, 4) is 5.88 Å². The molecule has 3 heterocycles. The number of hydrogen-bond donors (Lipinski definition) is 1. The molecule has 0 spiro atoms. The normalized spacial score (nSPS) is 15.6. The van der Waals surface area contributed by atoms with Crippen molar-refractivity contribution in [1.82, 2.24) is 25.2 Å². The first-order chi connectivity index (χ1) is 12.7. The maximum Gasteiger partial charge on any atom is 0.257 e. The highest BCUT2D eigenvalue weighted by Gasteiger charge is 2.17. The standard InChI is InChI=1S/C19H25N5O2/c1-24-8-5-14(6-9-24)10-15-11-22-16(12-21-15)13-23-18(25)17-4-3-7-20-19(17)26-2/h3-4,7,11-12,14H,5-6,8-10,13H2,1-2H3,(H,23,25). The Balaban J connectivity index is 1.52. The first-order valence-corrected chi connectivity index (χ1v) is 8.91. The fourth-order valence-corrected chi connectivity index (χ4v) is 3.13. The third kappa shape index (κ3) is 4.76. The number of likely N-dealkylation sites (tertiary alicyclic amines) is 1. The second kappa shape index (κ2) is 8.71. The summed E-state index contributed by atoms with van der Waals surface area (Å²) in [7, 11) is 3.66. The zero-order chi connectivity index (χ0) is 18.4. The van der Waals surface area contributed by atoms with Gasteiger partial charge in [0.25, 0.3) is 5.91 Å². The molecule has 1 amide bonds. The smallest absolute Gasteiger partial charge is 0.257 e. The molecule has 2 aromatic heterocycles. The molecule has 1 aliphatic heterocycles. The first-order valence-electron chi connectivity index (χ1n) is 8.91. The van der Waals surface area contributed by atoms with Crippen LogP contribution in [0.2, 0.25) is 0 Å². The first kappa shape index (κ1) is 18.3. The van der Waals surface area contributed by atoms with E-state index in [1.165, 1.54) is 20.0 Å². The Hall–Kier alpha value is -2.54. The molecule has 138 valence electrons. The van der Waals surface area contributed by atoms with Crippen LogP contribution in [0.4, 0.5) is 0 Å². The number of carbonyl (C=O) groups is 1. The molecular formula is C19H25N5O2. The van der Waals surface area contributed by atoms with Crippen LogP contribution < -0.4 is 10.1 Å². The number of methoxy groups -OCH3 is 1. The summed E-state index contributed by atoms with van der Waals surface area (Å²) in [6, 6.07) is 3.38. The largest absolute Gasteiger partial charge is 0.480 e. The van der Waals surface area contributed by atoms with Crippen LogP contribution in [0.3, 0.4) is 0 Å². The van der Waals surface area contributed by atoms with Crippen molar-refractivity contribution >= 4 is 5.91 Å². The molecule has 1 fully saturated rings. The van der Waals surface area contributed by atoms with E-state index < -0.39 is 0 Å². The maximum absolute atomic E-state index is 12.3. The number of nitrogens with one attached hydrogen (secondary N) is 1. The van der Waals surface area contributed by atoms with E-state index >= 15 is 0 Å². The van der Waals surface area contributed by atoms with Crippen molar-refractivity contribution < 1.29 is 9.53 Å². The number of nitrogens with zero attached hydrogens (tertiary/aromatic N) is 4. The fourth-order valence-electron chi connectivity index (χ4n) is 3.13. The van der Waals surface area contributed by atoms with Gasteiger partial charge in [0.2, 0.25) is 5.88 Å². The van der Waals surface area contributed by atoms with Gasteiger partial charge in [-0.25, -0.2) is 4.98 Å². The average Bonchev–Trinajstić information content (AvgIpc) is 2.69. The monoisotopic (exact) mass is 355 g/mol. The van der Waals surface area contributed by atoms with Crippen molar-refractivity contribution in [3.05, 3.63) is 47.7 Å². The number of piperidine rings is 1. The molecule has 0 radical (unpaired) electrons. The van der Waals surface area contributed by atoms with Crippen LogP contribution >= 0.6 is 0 Å². The molecule has 2 aromatic rings. The van der Waals surface area contributed by atoms with E-state index in [9.17, 15) is 4.79 Å². The van der Waals surface area contributed by atoms with Gasteiger partial charge in [-0.2, -0.15) is 0 Å². The Bertz CT molecular complexity index is 727. The average molecular weight is 355 g/mol. The van der Waals surface area contributed by atoms with E-state index in [1.54, 1.807) is 24.5 Å². The third-order valence-corrected chi connectivity index (χ3v) is 4.73. The molecular weight excluding hydrogens is 330 g/mol. The van der Waals surface area contributed by atoms with Gasteiger partial charge >= 0.3 is 0 Å². The zero-order valence-corrected chi connectivity index (χ0v) is 15.3. The lowest BCUT2D eigenvalue weighted by Crippen LogP contribution is -2.31. The second-order valence-electron chi connectivity index (χ2n) is 6.69. The van der Waals surface area contributed by atoms with Crippen LogP contribution in [0.25, 0.3) is 0 Å². The summed E-state index contributed by atoms with van der Waals surface area (Å²) in [6.45, 7) is 2.62. The predicted octanol–water partition coefficient (Wildman–Crippen LogP) is 1.69. The predicted molar refractivity (Wildman–Crippen MR) is 97.9 cm³/mol. The molecule has 1 saturated heterocycles. The van der Waals surface area contributed by atoms with Crippen molar-refractivity contribution in [2.24, 2.45) is 5.92 Å². The van der Waals surface area contributed by atoms with Crippen LogP contribution in [0, 0.1) is 5.92 Å². The van der Waals surface area contributed by atoms with Crippen LogP contribution in [-0.2, 0) is 13.0 Å². The lowest BCUT2D eigenvalue weighted by molar-refractivity contribution is 0.0946. The Morgan fingerprint density at radius 3 is 2.65 bits per heavy atom. The molecule has 7 nitrogen and oxygen atoms in total. The summed E-state index contributed by atoms with van der Waals surface area (Å²) in [5.41, 5.74) is 2.15. The Kier molecular flexibility index (Phi) is 6.12. The van der Waals surface area contributed by atoms with E-state index in [1.807, 2.05) is 6.20 Å². The van der Waals surface area contributed by atoms with Gasteiger partial charge in [-0.1, -0.05) is 0 Å². The fraction of sp³-hybridized carbons (Fsp3) is 0.474. The highest BCUT2D eigenvalue weighted by atomic mass is 16.5. The topological polar surface area (TPSA) is 80.2 Å². The zero-order valence-electron chi connectivity index (χ0n) is 15.3. The minimum Gasteiger partial charge on any atom is -0.480 e. The van der Waals surface area contributed by atoms with E-state index in [0.29, 0.717) is 23.9 Å². The molecule has 7 heteroatoms. The molecule has 1 aliphatic rings. The minimum absolute atomic E-state index is 0.243. The van der Waals surface area contributed by atoms with Crippen molar-refractivity contribution in [2.45, 2.75) is 25.8 Å². The molecule has 0 atom stereocenters. The number of hydrogen-bond acceptors (Lipinski definition) is 6. The minimum atomic E-state index is -0.243. The lowest BCUT2D eigenvalue weighted by atomic mass is 9.92. The molecule has 0 saturated carbocycles. The second-order valence-corrected chi connectivity index (χ2v) is 6.69. The van der Waals surface area contributed by atoms with Gasteiger partial charge in [0.1, 0.15) is 5.56 Å². The van der Waals surface area contributed by atoms with E-state index in [-0.39, 0.29) is 5.91 Å². The molecule has 0 aliphatic carbocycles. The maximum atomic E-state index is 12.3. The van der Waals surface area contributed by atoms with Crippen LogP contribution in [-0.4, -0.2) is 53.0 Å². The lowest BCUT2D eigenvalue weighted by Gasteiger charge is -2.28. The van der Waals surface area contributed by atoms with Crippen LogP contribution in [0.1, 0.15) is 34.6 Å². The van der Waals surface area contributed by atoms with Gasteiger partial charge in [-0.15, -0.1) is 0 Å². The summed E-state index contributed by atoms with van der Waals surface area (Å²) in [6.07, 6.45) is 8.55. The molecule has 26 heavy (non-hydrogen) atoms. The van der Waals surface area contributed by atoms with E-state index in [0.717, 1.165) is 30.9 Å². The Morgan fingerprint density at radius 1 is 1.23 bits per heavy atom. The van der Waals surface area contributed by atoms with Gasteiger partial charge in [-0.05, 0) is 57.5 Å². The van der Waals surface area contributed by atoms with Crippen molar-refractivity contribution in [3.63, 3.8) is 0 Å². The van der Waals surface area contributed by atoms with Gasteiger partial charge in [0.15, 0.2) is 0 Å². The molecule has 1 N–H and O–H groups in total. The van der Waals surface area contributed by atoms with E-state index in [2.05, 4.69) is 32.2 Å². The number of carbonyl (C=O) groups excluding carboxylic acids is 1. The quantitative estimate of drug-likeness (QED) is 0.849. The number of pyridine rings is 1. The number of rotatable bonds is 6. The summed E-state index contributed by atoms with van der Waals surface area (Å²) in [4.78, 5) is 27.6. The summed E-state index contributed by atoms with van der Waals surface area (Å²) in [5.74, 6) is 0.751. The van der Waals surface area contributed by atoms with Crippen LogP contribution in [0.15, 0.2) is 30.7 Å². The Labute approximate surface area is 153 Å². The number of ether oxygens (including phenoxy) is 1. The number of amides is 1. The molecule has 0 unspecified atom stereocenters. The van der Waals surface area contributed by atoms with Gasteiger partial charge < -0.3 is 15.0 Å². The molecule has 0 bridgehead atoms. The van der Waals surface area contributed by atoms with Crippen molar-refractivity contribution in [2.75, 3.05) is 27.2 Å². The highest BCUT2D eigenvalue weighted by Crippen LogP contribution is 2.19. The Morgan fingerprint density at radius 2 is 1.96 bits per heavy atom. The molecule has 0 aromatic carbocycles. The highest BCUT2D eigenvalue weighted by molar-refractivity contribution is 5.96.